The molecule has 3 rings (SSSR count). The van der Waals surface area contributed by atoms with Crippen molar-refractivity contribution in [2.75, 3.05) is 6.54 Å². The molecule has 1 N–H and O–H groups in total. The van der Waals surface area contributed by atoms with Crippen LogP contribution in [0.15, 0.2) is 54.2 Å². The van der Waals surface area contributed by atoms with E-state index in [0.29, 0.717) is 12.1 Å². The number of aryl methyl sites for hydroxylation is 2. The van der Waals surface area contributed by atoms with Crippen molar-refractivity contribution in [3.8, 4) is 11.3 Å². The first-order valence-electron chi connectivity index (χ1n) is 8.48. The number of nitrogens with zero attached hydrogens (tertiary/aromatic N) is 2. The van der Waals surface area contributed by atoms with Gasteiger partial charge in [-0.1, -0.05) is 19.1 Å². The Bertz CT molecular complexity index is 812. The molecule has 1 amide bonds. The zero-order chi connectivity index (χ0) is 17.5. The Hall–Kier alpha value is -2.53. The van der Waals surface area contributed by atoms with Gasteiger partial charge in [-0.3, -0.25) is 9.78 Å². The summed E-state index contributed by atoms with van der Waals surface area (Å²) in [6.45, 7) is 2.76. The largest absolute Gasteiger partial charge is 0.352 e. The van der Waals surface area contributed by atoms with E-state index in [1.165, 1.54) is 5.56 Å². The zero-order valence-corrected chi connectivity index (χ0v) is 15.1. The normalized spacial score (nSPS) is 10.6. The molecule has 0 unspecified atom stereocenters. The smallest absolute Gasteiger partial charge is 0.251 e. The molecule has 2 heterocycles. The highest BCUT2D eigenvalue weighted by atomic mass is 32.1. The summed E-state index contributed by atoms with van der Waals surface area (Å²) >= 11 is 1.66. The molecule has 25 heavy (non-hydrogen) atoms. The Kier molecular flexibility index (Phi) is 5.90. The van der Waals surface area contributed by atoms with E-state index < -0.39 is 0 Å². The number of pyridine rings is 1. The molecule has 0 fully saturated rings. The van der Waals surface area contributed by atoms with Crippen LogP contribution in [0.25, 0.3) is 11.3 Å². The summed E-state index contributed by atoms with van der Waals surface area (Å²) < 4.78 is 0. The van der Waals surface area contributed by atoms with E-state index in [1.54, 1.807) is 23.7 Å². The van der Waals surface area contributed by atoms with E-state index in [2.05, 4.69) is 27.6 Å². The topological polar surface area (TPSA) is 54.9 Å². The number of aromatic nitrogens is 2. The number of amides is 1. The van der Waals surface area contributed by atoms with E-state index in [-0.39, 0.29) is 5.91 Å². The van der Waals surface area contributed by atoms with Crippen molar-refractivity contribution in [3.63, 3.8) is 0 Å². The van der Waals surface area contributed by atoms with E-state index in [0.717, 1.165) is 35.5 Å². The molecule has 0 aliphatic carbocycles. The van der Waals surface area contributed by atoms with Gasteiger partial charge < -0.3 is 5.32 Å². The molecule has 5 heteroatoms. The quantitative estimate of drug-likeness (QED) is 0.651. The van der Waals surface area contributed by atoms with Crippen LogP contribution in [-0.4, -0.2) is 22.4 Å². The average molecular weight is 351 g/mol. The maximum absolute atomic E-state index is 12.1. The van der Waals surface area contributed by atoms with Gasteiger partial charge in [0, 0.05) is 41.9 Å². The van der Waals surface area contributed by atoms with E-state index in [4.69, 9.17) is 0 Å². The van der Waals surface area contributed by atoms with Gasteiger partial charge in [0.25, 0.3) is 5.91 Å². The fourth-order valence-corrected chi connectivity index (χ4v) is 3.37. The summed E-state index contributed by atoms with van der Waals surface area (Å²) in [5.74, 6) is -0.0146. The van der Waals surface area contributed by atoms with Crippen molar-refractivity contribution in [1.82, 2.24) is 15.3 Å². The second-order valence-electron chi connectivity index (χ2n) is 5.77. The van der Waals surface area contributed by atoms with Crippen LogP contribution < -0.4 is 5.32 Å². The molecule has 4 nitrogen and oxygen atoms in total. The number of carbonyl (C=O) groups is 1. The van der Waals surface area contributed by atoms with Crippen LogP contribution >= 0.6 is 11.3 Å². The molecular formula is C20H21N3OS. The summed E-state index contributed by atoms with van der Waals surface area (Å²) in [7, 11) is 0. The van der Waals surface area contributed by atoms with Crippen molar-refractivity contribution >= 4 is 17.2 Å². The standard InChI is InChI=1S/C20H21N3OS/c1-2-15-5-7-17(8-6-15)20(24)22-11-3-4-19-23-18(14-25-19)16-9-12-21-13-10-16/h5-10,12-14H,2-4,11H2,1H3,(H,22,24). The fourth-order valence-electron chi connectivity index (χ4n) is 2.52. The first-order valence-corrected chi connectivity index (χ1v) is 9.36. The van der Waals surface area contributed by atoms with Crippen molar-refractivity contribution in [1.29, 1.82) is 0 Å². The summed E-state index contributed by atoms with van der Waals surface area (Å²) in [6, 6.07) is 11.7. The highest BCUT2D eigenvalue weighted by Crippen LogP contribution is 2.21. The summed E-state index contributed by atoms with van der Waals surface area (Å²) in [5, 5.41) is 6.13. The highest BCUT2D eigenvalue weighted by molar-refractivity contribution is 7.09. The van der Waals surface area contributed by atoms with Gasteiger partial charge in [-0.05, 0) is 42.7 Å². The van der Waals surface area contributed by atoms with Crippen molar-refractivity contribution in [2.45, 2.75) is 26.2 Å². The van der Waals surface area contributed by atoms with Crippen molar-refractivity contribution in [2.24, 2.45) is 0 Å². The molecular weight excluding hydrogens is 330 g/mol. The van der Waals surface area contributed by atoms with Crippen molar-refractivity contribution < 1.29 is 4.79 Å². The third-order valence-corrected chi connectivity index (χ3v) is 4.91. The molecule has 128 valence electrons. The van der Waals surface area contributed by atoms with E-state index in [9.17, 15) is 4.79 Å². The number of hydrogen-bond donors (Lipinski definition) is 1. The lowest BCUT2D eigenvalue weighted by Crippen LogP contribution is -2.24. The first-order chi connectivity index (χ1) is 12.3. The number of carbonyl (C=O) groups excluding carboxylic acids is 1. The molecule has 0 spiro atoms. The average Bonchev–Trinajstić information content (AvgIpc) is 3.15. The number of thiazole rings is 1. The Morgan fingerprint density at radius 1 is 1.12 bits per heavy atom. The molecule has 0 aliphatic rings. The second-order valence-corrected chi connectivity index (χ2v) is 6.71. The highest BCUT2D eigenvalue weighted by Gasteiger charge is 2.06. The molecule has 0 saturated heterocycles. The summed E-state index contributed by atoms with van der Waals surface area (Å²) in [5.41, 5.74) is 4.03. The lowest BCUT2D eigenvalue weighted by Gasteiger charge is -2.05. The number of rotatable bonds is 7. The zero-order valence-electron chi connectivity index (χ0n) is 14.2. The van der Waals surface area contributed by atoms with Crippen LogP contribution in [0.1, 0.15) is 34.3 Å². The lowest BCUT2D eigenvalue weighted by molar-refractivity contribution is 0.0953. The molecule has 0 aliphatic heterocycles. The summed E-state index contributed by atoms with van der Waals surface area (Å²) in [4.78, 5) is 20.8. The van der Waals surface area contributed by atoms with Gasteiger partial charge in [0.15, 0.2) is 0 Å². The van der Waals surface area contributed by atoms with Crippen LogP contribution in [0.5, 0.6) is 0 Å². The fraction of sp³-hybridized carbons (Fsp3) is 0.250. The SMILES string of the molecule is CCc1ccc(C(=O)NCCCc2nc(-c3ccncc3)cs2)cc1. The van der Waals surface area contributed by atoms with Crippen LogP contribution in [0, 0.1) is 0 Å². The predicted octanol–water partition coefficient (Wildman–Crippen LogP) is 4.13. The van der Waals surface area contributed by atoms with Gasteiger partial charge in [0.05, 0.1) is 10.7 Å². The maximum atomic E-state index is 12.1. The van der Waals surface area contributed by atoms with Gasteiger partial charge in [0.1, 0.15) is 0 Å². The molecule has 0 radical (unpaired) electrons. The van der Waals surface area contributed by atoms with Gasteiger partial charge >= 0.3 is 0 Å². The van der Waals surface area contributed by atoms with E-state index >= 15 is 0 Å². The van der Waals surface area contributed by atoms with Gasteiger partial charge in [-0.15, -0.1) is 11.3 Å². The van der Waals surface area contributed by atoms with Gasteiger partial charge in [-0.25, -0.2) is 4.98 Å². The number of benzene rings is 1. The lowest BCUT2D eigenvalue weighted by atomic mass is 10.1. The predicted molar refractivity (Wildman–Crippen MR) is 102 cm³/mol. The molecule has 1 aromatic carbocycles. The van der Waals surface area contributed by atoms with Crippen molar-refractivity contribution in [3.05, 3.63) is 70.3 Å². The Labute approximate surface area is 152 Å². The third-order valence-electron chi connectivity index (χ3n) is 4.01. The molecule has 3 aromatic rings. The summed E-state index contributed by atoms with van der Waals surface area (Å²) in [6.07, 6.45) is 6.28. The Balaban J connectivity index is 1.45. The minimum absolute atomic E-state index is 0.0146. The Morgan fingerprint density at radius 3 is 2.60 bits per heavy atom. The first kappa shape index (κ1) is 17.3. The molecule has 0 bridgehead atoms. The van der Waals surface area contributed by atoms with Gasteiger partial charge in [-0.2, -0.15) is 0 Å². The Morgan fingerprint density at radius 2 is 1.88 bits per heavy atom. The number of hydrogen-bond acceptors (Lipinski definition) is 4. The molecule has 0 saturated carbocycles. The van der Waals surface area contributed by atoms with Crippen LogP contribution in [0.4, 0.5) is 0 Å². The molecule has 0 atom stereocenters. The minimum atomic E-state index is -0.0146. The van der Waals surface area contributed by atoms with E-state index in [1.807, 2.05) is 36.4 Å². The van der Waals surface area contributed by atoms with Crippen LogP contribution in [0.3, 0.4) is 0 Å². The van der Waals surface area contributed by atoms with Crippen LogP contribution in [-0.2, 0) is 12.8 Å². The monoisotopic (exact) mass is 351 g/mol. The maximum Gasteiger partial charge on any atom is 0.251 e. The van der Waals surface area contributed by atoms with Gasteiger partial charge in [0.2, 0.25) is 0 Å². The number of nitrogens with one attached hydrogen (secondary N) is 1. The minimum Gasteiger partial charge on any atom is -0.352 e. The second kappa shape index (κ2) is 8.53. The van der Waals surface area contributed by atoms with Crippen LogP contribution in [0.2, 0.25) is 0 Å². The molecule has 2 aromatic heterocycles. The third kappa shape index (κ3) is 4.73.